The summed E-state index contributed by atoms with van der Waals surface area (Å²) in [6.45, 7) is 0.538. The number of rotatable bonds is 3. The molecular formula is C24H24FN3O3. The van der Waals surface area contributed by atoms with Crippen LogP contribution < -0.4 is 10.1 Å². The first kappa shape index (κ1) is 19.6. The highest BCUT2D eigenvalue weighted by molar-refractivity contribution is 5.98. The Hall–Kier alpha value is -3.35. The molecule has 31 heavy (non-hydrogen) atoms. The lowest BCUT2D eigenvalue weighted by molar-refractivity contribution is -0.120. The summed E-state index contributed by atoms with van der Waals surface area (Å²) in [6, 6.07) is 13.4. The SMILES string of the molecule is COc1ccc2cc(C(=O)N3CCC[C@]4(CCC(=O)N4)[C@H]3c3cccc(F)c3)[nH]c2c1. The molecule has 7 heteroatoms. The summed E-state index contributed by atoms with van der Waals surface area (Å²) in [6.07, 6.45) is 2.57. The van der Waals surface area contributed by atoms with Crippen molar-refractivity contribution in [1.82, 2.24) is 15.2 Å². The van der Waals surface area contributed by atoms with Gasteiger partial charge in [-0.05, 0) is 55.2 Å². The normalized spacial score (nSPS) is 23.4. The van der Waals surface area contributed by atoms with Crippen LogP contribution in [0.15, 0.2) is 48.5 Å². The van der Waals surface area contributed by atoms with Crippen molar-refractivity contribution in [2.45, 2.75) is 37.3 Å². The molecule has 160 valence electrons. The molecule has 2 atom stereocenters. The van der Waals surface area contributed by atoms with E-state index >= 15 is 0 Å². The summed E-state index contributed by atoms with van der Waals surface area (Å²) >= 11 is 0. The van der Waals surface area contributed by atoms with Gasteiger partial charge in [-0.15, -0.1) is 0 Å². The number of fused-ring (bicyclic) bond motifs is 1. The molecule has 2 aromatic carbocycles. The van der Waals surface area contributed by atoms with Crippen LogP contribution in [0.4, 0.5) is 4.39 Å². The fraction of sp³-hybridized carbons (Fsp3) is 0.333. The van der Waals surface area contributed by atoms with E-state index in [2.05, 4.69) is 10.3 Å². The number of likely N-dealkylation sites (tertiary alicyclic amines) is 1. The fourth-order valence-corrected chi connectivity index (χ4v) is 5.16. The summed E-state index contributed by atoms with van der Waals surface area (Å²) in [4.78, 5) is 30.8. The molecule has 1 aromatic heterocycles. The number of amides is 2. The van der Waals surface area contributed by atoms with Crippen LogP contribution in [0.25, 0.3) is 10.9 Å². The summed E-state index contributed by atoms with van der Waals surface area (Å²) in [5.74, 6) is 0.169. The molecule has 2 aliphatic heterocycles. The highest BCUT2D eigenvalue weighted by Crippen LogP contribution is 2.45. The predicted octanol–water partition coefficient (Wildman–Crippen LogP) is 3.94. The number of halogens is 1. The van der Waals surface area contributed by atoms with E-state index in [4.69, 9.17) is 4.74 Å². The van der Waals surface area contributed by atoms with Crippen molar-refractivity contribution >= 4 is 22.7 Å². The molecular weight excluding hydrogens is 397 g/mol. The van der Waals surface area contributed by atoms with Crippen LogP contribution in [0.1, 0.15) is 47.8 Å². The molecule has 0 saturated carbocycles. The first-order valence-corrected chi connectivity index (χ1v) is 10.5. The van der Waals surface area contributed by atoms with Gasteiger partial charge in [0.05, 0.1) is 18.7 Å². The minimum absolute atomic E-state index is 0.0200. The van der Waals surface area contributed by atoms with Gasteiger partial charge >= 0.3 is 0 Å². The maximum Gasteiger partial charge on any atom is 0.270 e. The van der Waals surface area contributed by atoms with E-state index in [9.17, 15) is 14.0 Å². The van der Waals surface area contributed by atoms with E-state index < -0.39 is 11.6 Å². The Labute approximate surface area is 179 Å². The van der Waals surface area contributed by atoms with Crippen molar-refractivity contribution in [2.24, 2.45) is 0 Å². The lowest BCUT2D eigenvalue weighted by Crippen LogP contribution is -2.58. The number of methoxy groups -OCH3 is 1. The van der Waals surface area contributed by atoms with E-state index in [0.29, 0.717) is 36.4 Å². The van der Waals surface area contributed by atoms with E-state index in [1.54, 1.807) is 18.1 Å². The van der Waals surface area contributed by atoms with Crippen LogP contribution >= 0.6 is 0 Å². The van der Waals surface area contributed by atoms with Crippen LogP contribution in [-0.4, -0.2) is 40.9 Å². The van der Waals surface area contributed by atoms with Crippen LogP contribution in [0.3, 0.4) is 0 Å². The van der Waals surface area contributed by atoms with Gasteiger partial charge in [-0.3, -0.25) is 9.59 Å². The van der Waals surface area contributed by atoms with E-state index in [0.717, 1.165) is 23.7 Å². The minimum atomic E-state index is -0.575. The molecule has 2 amide bonds. The van der Waals surface area contributed by atoms with Crippen molar-refractivity contribution in [1.29, 1.82) is 0 Å². The summed E-state index contributed by atoms with van der Waals surface area (Å²) in [5.41, 5.74) is 1.40. The highest BCUT2D eigenvalue weighted by atomic mass is 19.1. The number of piperidine rings is 1. The molecule has 0 radical (unpaired) electrons. The van der Waals surface area contributed by atoms with Gasteiger partial charge in [-0.1, -0.05) is 12.1 Å². The van der Waals surface area contributed by atoms with Gasteiger partial charge in [0.25, 0.3) is 5.91 Å². The lowest BCUT2D eigenvalue weighted by atomic mass is 9.76. The molecule has 2 aliphatic rings. The third kappa shape index (κ3) is 3.34. The number of nitrogens with one attached hydrogen (secondary N) is 2. The Kier molecular flexibility index (Phi) is 4.68. The monoisotopic (exact) mass is 421 g/mol. The number of benzene rings is 2. The molecule has 0 bridgehead atoms. The quantitative estimate of drug-likeness (QED) is 0.673. The zero-order valence-corrected chi connectivity index (χ0v) is 17.3. The zero-order chi connectivity index (χ0) is 21.6. The Morgan fingerprint density at radius 2 is 2.06 bits per heavy atom. The molecule has 0 unspecified atom stereocenters. The molecule has 1 spiro atoms. The largest absolute Gasteiger partial charge is 0.497 e. The van der Waals surface area contributed by atoms with Crippen LogP contribution in [0, 0.1) is 5.82 Å². The summed E-state index contributed by atoms with van der Waals surface area (Å²) < 4.78 is 19.4. The number of ether oxygens (including phenoxy) is 1. The first-order chi connectivity index (χ1) is 15.0. The van der Waals surface area contributed by atoms with Gasteiger partial charge in [0.1, 0.15) is 17.3 Å². The van der Waals surface area contributed by atoms with Gasteiger partial charge in [0, 0.05) is 29.9 Å². The number of carbonyl (C=O) groups excluding carboxylic acids is 2. The van der Waals surface area contributed by atoms with Crippen molar-refractivity contribution in [2.75, 3.05) is 13.7 Å². The second-order valence-corrected chi connectivity index (χ2v) is 8.40. The highest BCUT2D eigenvalue weighted by Gasteiger charge is 2.51. The Morgan fingerprint density at radius 1 is 1.19 bits per heavy atom. The fourth-order valence-electron chi connectivity index (χ4n) is 5.16. The number of nitrogens with zero attached hydrogens (tertiary/aromatic N) is 1. The number of hydrogen-bond acceptors (Lipinski definition) is 3. The molecule has 3 aromatic rings. The number of aromatic nitrogens is 1. The lowest BCUT2D eigenvalue weighted by Gasteiger charge is -2.48. The second-order valence-electron chi connectivity index (χ2n) is 8.40. The third-order valence-electron chi connectivity index (χ3n) is 6.53. The van der Waals surface area contributed by atoms with Crippen LogP contribution in [0.5, 0.6) is 5.75 Å². The van der Waals surface area contributed by atoms with Crippen molar-refractivity contribution in [3.63, 3.8) is 0 Å². The van der Waals surface area contributed by atoms with E-state index in [1.807, 2.05) is 30.3 Å². The molecule has 5 rings (SSSR count). The minimum Gasteiger partial charge on any atom is -0.497 e. The zero-order valence-electron chi connectivity index (χ0n) is 17.3. The van der Waals surface area contributed by atoms with E-state index in [-0.39, 0.29) is 17.6 Å². The van der Waals surface area contributed by atoms with Gasteiger partial charge < -0.3 is 19.9 Å². The van der Waals surface area contributed by atoms with Crippen molar-refractivity contribution in [3.05, 3.63) is 65.6 Å². The first-order valence-electron chi connectivity index (χ1n) is 10.5. The van der Waals surface area contributed by atoms with Gasteiger partial charge in [-0.2, -0.15) is 0 Å². The molecule has 2 fully saturated rings. The second kappa shape index (κ2) is 7.41. The van der Waals surface area contributed by atoms with Crippen LogP contribution in [0.2, 0.25) is 0 Å². The smallest absolute Gasteiger partial charge is 0.270 e. The number of hydrogen-bond donors (Lipinski definition) is 2. The molecule has 2 N–H and O–H groups in total. The predicted molar refractivity (Wildman–Crippen MR) is 114 cm³/mol. The molecule has 2 saturated heterocycles. The number of carbonyl (C=O) groups is 2. The standard InChI is InChI=1S/C24H24FN3O3/c1-31-18-7-6-15-13-20(26-19(15)14-18)23(30)28-11-3-9-24(10-8-21(29)27-24)22(28)16-4-2-5-17(25)12-16/h2,4-7,12-14,22,26H,3,8-11H2,1H3,(H,27,29)/t22-,24+/m1/s1. The summed E-state index contributed by atoms with van der Waals surface area (Å²) in [7, 11) is 1.60. The average molecular weight is 421 g/mol. The topological polar surface area (TPSA) is 74.4 Å². The van der Waals surface area contributed by atoms with Gasteiger partial charge in [0.15, 0.2) is 0 Å². The van der Waals surface area contributed by atoms with Crippen molar-refractivity contribution < 1.29 is 18.7 Å². The summed E-state index contributed by atoms with van der Waals surface area (Å²) in [5, 5.41) is 4.04. The van der Waals surface area contributed by atoms with Crippen molar-refractivity contribution in [3.8, 4) is 5.75 Å². The number of H-pyrrole nitrogens is 1. The van der Waals surface area contributed by atoms with E-state index in [1.165, 1.54) is 12.1 Å². The Balaban J connectivity index is 1.57. The van der Waals surface area contributed by atoms with Gasteiger partial charge in [-0.25, -0.2) is 4.39 Å². The molecule has 3 heterocycles. The Morgan fingerprint density at radius 3 is 2.81 bits per heavy atom. The number of aromatic amines is 1. The Bertz CT molecular complexity index is 1170. The van der Waals surface area contributed by atoms with Gasteiger partial charge in [0.2, 0.25) is 5.91 Å². The maximum atomic E-state index is 14.1. The third-order valence-corrected chi connectivity index (χ3v) is 6.53. The maximum absolute atomic E-state index is 14.1. The average Bonchev–Trinajstić information content (AvgIpc) is 3.36. The van der Waals surface area contributed by atoms with Crippen LogP contribution in [-0.2, 0) is 4.79 Å². The molecule has 0 aliphatic carbocycles. The molecule has 6 nitrogen and oxygen atoms in total.